The lowest BCUT2D eigenvalue weighted by Gasteiger charge is -2.23. The third-order valence-electron chi connectivity index (χ3n) is 7.22. The molecule has 4 aromatic rings. The molecule has 0 aliphatic rings. The van der Waals surface area contributed by atoms with Gasteiger partial charge in [0.1, 0.15) is 29.1 Å². The van der Waals surface area contributed by atoms with Crippen LogP contribution in [0.25, 0.3) is 16.7 Å². The lowest BCUT2D eigenvalue weighted by atomic mass is 9.84. The summed E-state index contributed by atoms with van der Waals surface area (Å²) in [4.78, 5) is 24.7. The van der Waals surface area contributed by atoms with Crippen LogP contribution in [-0.2, 0) is 41.8 Å². The highest BCUT2D eigenvalue weighted by Gasteiger charge is 2.24. The molecule has 0 fully saturated rings. The van der Waals surface area contributed by atoms with Crippen molar-refractivity contribution in [3.8, 4) is 11.4 Å². The maximum atomic E-state index is 13.1. The van der Waals surface area contributed by atoms with E-state index in [2.05, 4.69) is 16.8 Å². The van der Waals surface area contributed by atoms with Crippen molar-refractivity contribution < 1.29 is 38.1 Å². The summed E-state index contributed by atoms with van der Waals surface area (Å²) in [7, 11) is -3.65. The molecule has 0 amide bonds. The number of nitrogens with zero attached hydrogens (tertiary/aromatic N) is 3. The molecular formula is C33H37N3O8S. The first-order valence-electron chi connectivity index (χ1n) is 14.4. The summed E-state index contributed by atoms with van der Waals surface area (Å²) in [5, 5.41) is 39.2. The Hall–Kier alpha value is -4.55. The lowest BCUT2D eigenvalue weighted by Crippen LogP contribution is -2.19. The SMILES string of the molecule is C=C(CCC(O)COC(=O)CCc1cc(-n2nc3ccc(S(=O)(=O)Cc4ccccc4)cc3n2)c(O)c(C(C)(C)C)c1)C(=O)O. The van der Waals surface area contributed by atoms with E-state index in [-0.39, 0.29) is 59.9 Å². The number of aromatic hydroxyl groups is 1. The zero-order valence-corrected chi connectivity index (χ0v) is 26.2. The first-order valence-corrected chi connectivity index (χ1v) is 16.0. The number of carbonyl (C=O) groups is 2. The Kier molecular flexibility index (Phi) is 10.1. The predicted molar refractivity (Wildman–Crippen MR) is 168 cm³/mol. The molecule has 0 radical (unpaired) electrons. The van der Waals surface area contributed by atoms with Crippen LogP contribution < -0.4 is 0 Å². The highest BCUT2D eigenvalue weighted by atomic mass is 32.2. The molecule has 0 aliphatic carbocycles. The number of sulfone groups is 1. The predicted octanol–water partition coefficient (Wildman–Crippen LogP) is 4.66. The minimum Gasteiger partial charge on any atom is -0.505 e. The van der Waals surface area contributed by atoms with Crippen LogP contribution in [0.2, 0.25) is 0 Å². The first kappa shape index (κ1) is 33.3. The lowest BCUT2D eigenvalue weighted by molar-refractivity contribution is -0.146. The van der Waals surface area contributed by atoms with Gasteiger partial charge < -0.3 is 20.1 Å². The van der Waals surface area contributed by atoms with Crippen molar-refractivity contribution in [2.24, 2.45) is 0 Å². The molecule has 3 aromatic carbocycles. The smallest absolute Gasteiger partial charge is 0.330 e. The number of phenols is 1. The Labute approximate surface area is 261 Å². The molecule has 0 saturated carbocycles. The van der Waals surface area contributed by atoms with E-state index < -0.39 is 33.3 Å². The maximum Gasteiger partial charge on any atom is 0.330 e. The monoisotopic (exact) mass is 635 g/mol. The van der Waals surface area contributed by atoms with Gasteiger partial charge in [0.25, 0.3) is 0 Å². The van der Waals surface area contributed by atoms with Crippen LogP contribution in [0.3, 0.4) is 0 Å². The second-order valence-electron chi connectivity index (χ2n) is 11.9. The minimum atomic E-state index is -3.65. The van der Waals surface area contributed by atoms with Gasteiger partial charge in [-0.3, -0.25) is 4.79 Å². The Balaban J connectivity index is 1.53. The van der Waals surface area contributed by atoms with Crippen LogP contribution in [0, 0.1) is 0 Å². The van der Waals surface area contributed by atoms with Gasteiger partial charge in [-0.15, -0.1) is 15.0 Å². The van der Waals surface area contributed by atoms with E-state index in [4.69, 9.17) is 9.84 Å². The number of aryl methyl sites for hydroxylation is 1. The second-order valence-corrected chi connectivity index (χ2v) is 13.9. The molecule has 11 nitrogen and oxygen atoms in total. The number of carbonyl (C=O) groups excluding carboxylic acids is 1. The summed E-state index contributed by atoms with van der Waals surface area (Å²) in [6.07, 6.45) is -0.614. The molecule has 1 aromatic heterocycles. The summed E-state index contributed by atoms with van der Waals surface area (Å²) in [5.74, 6) is -1.90. The van der Waals surface area contributed by atoms with Crippen molar-refractivity contribution >= 4 is 32.8 Å². The number of aliphatic hydroxyl groups excluding tert-OH is 1. The van der Waals surface area contributed by atoms with Gasteiger partial charge in [-0.2, -0.15) is 0 Å². The fourth-order valence-corrected chi connectivity index (χ4v) is 6.02. The molecule has 0 saturated heterocycles. The molecule has 238 valence electrons. The van der Waals surface area contributed by atoms with Crippen molar-refractivity contribution in [1.82, 2.24) is 15.0 Å². The van der Waals surface area contributed by atoms with Gasteiger partial charge in [0.15, 0.2) is 9.84 Å². The third kappa shape index (κ3) is 8.55. The van der Waals surface area contributed by atoms with Crippen LogP contribution in [-0.4, -0.2) is 63.4 Å². The highest BCUT2D eigenvalue weighted by molar-refractivity contribution is 7.90. The van der Waals surface area contributed by atoms with Crippen LogP contribution in [0.4, 0.5) is 0 Å². The molecule has 0 bridgehead atoms. The molecular weight excluding hydrogens is 598 g/mol. The molecule has 1 atom stereocenters. The van der Waals surface area contributed by atoms with Gasteiger partial charge >= 0.3 is 11.9 Å². The number of aromatic nitrogens is 3. The molecule has 4 rings (SSSR count). The van der Waals surface area contributed by atoms with E-state index in [1.165, 1.54) is 16.9 Å². The van der Waals surface area contributed by atoms with Crippen LogP contribution in [0.5, 0.6) is 5.75 Å². The van der Waals surface area contributed by atoms with Gasteiger partial charge in [0.05, 0.1) is 16.8 Å². The molecule has 45 heavy (non-hydrogen) atoms. The van der Waals surface area contributed by atoms with Crippen molar-refractivity contribution in [2.75, 3.05) is 6.61 Å². The summed E-state index contributed by atoms with van der Waals surface area (Å²) < 4.78 is 31.4. The van der Waals surface area contributed by atoms with Crippen molar-refractivity contribution in [3.63, 3.8) is 0 Å². The third-order valence-corrected chi connectivity index (χ3v) is 8.91. The van der Waals surface area contributed by atoms with E-state index in [0.29, 0.717) is 27.7 Å². The number of esters is 1. The van der Waals surface area contributed by atoms with Gasteiger partial charge in [-0.1, -0.05) is 63.7 Å². The first-order chi connectivity index (χ1) is 21.1. The average Bonchev–Trinajstić information content (AvgIpc) is 3.41. The topological polar surface area (TPSA) is 169 Å². The van der Waals surface area contributed by atoms with Crippen LogP contribution in [0.15, 0.2) is 77.7 Å². The number of carboxylic acids is 1. The number of carboxylic acid groups (broad SMARTS) is 1. The molecule has 1 unspecified atom stereocenters. The summed E-state index contributed by atoms with van der Waals surface area (Å²) in [5.41, 5.74) is 2.49. The van der Waals surface area contributed by atoms with E-state index in [9.17, 15) is 28.2 Å². The molecule has 12 heteroatoms. The number of hydrogen-bond donors (Lipinski definition) is 3. The van der Waals surface area contributed by atoms with Gasteiger partial charge in [0.2, 0.25) is 0 Å². The van der Waals surface area contributed by atoms with E-state index in [1.807, 2.05) is 26.8 Å². The van der Waals surface area contributed by atoms with Crippen molar-refractivity contribution in [2.45, 2.75) is 68.6 Å². The van der Waals surface area contributed by atoms with Gasteiger partial charge in [0, 0.05) is 17.6 Å². The fourth-order valence-electron chi connectivity index (χ4n) is 4.66. The molecule has 3 N–H and O–H groups in total. The quantitative estimate of drug-likeness (QED) is 0.139. The zero-order valence-electron chi connectivity index (χ0n) is 25.4. The van der Waals surface area contributed by atoms with Crippen LogP contribution in [0.1, 0.15) is 56.7 Å². The molecule has 1 heterocycles. The standard InChI is InChI=1S/C33H37N3O8S/c1-21(32(40)41)10-12-24(37)19-44-30(38)15-11-23-16-26(33(2,3)4)31(39)29(17-23)36-34-27-14-13-25(18-28(27)35-36)45(42,43)20-22-8-6-5-7-9-22/h5-9,13-14,16-18,24,37,39H,1,10-12,15,19-20H2,2-4H3,(H,40,41). The number of fused-ring (bicyclic) bond motifs is 1. The number of ether oxygens (including phenoxy) is 1. The number of hydrogen-bond acceptors (Lipinski definition) is 9. The number of rotatable bonds is 13. The summed E-state index contributed by atoms with van der Waals surface area (Å²) >= 11 is 0. The summed E-state index contributed by atoms with van der Waals surface area (Å²) in [6, 6.07) is 16.9. The minimum absolute atomic E-state index is 0.0144. The Morgan fingerprint density at radius 2 is 1.67 bits per heavy atom. The van der Waals surface area contributed by atoms with E-state index >= 15 is 0 Å². The van der Waals surface area contributed by atoms with Gasteiger partial charge in [-0.25, -0.2) is 13.2 Å². The van der Waals surface area contributed by atoms with Gasteiger partial charge in [-0.05, 0) is 60.1 Å². The number of aliphatic carboxylic acids is 1. The summed E-state index contributed by atoms with van der Waals surface area (Å²) in [6.45, 7) is 8.94. The van der Waals surface area contributed by atoms with Crippen molar-refractivity contribution in [1.29, 1.82) is 0 Å². The number of benzene rings is 3. The van der Waals surface area contributed by atoms with E-state index in [1.54, 1.807) is 42.5 Å². The van der Waals surface area contributed by atoms with Crippen LogP contribution >= 0.6 is 0 Å². The largest absolute Gasteiger partial charge is 0.505 e. The number of phenolic OH excluding ortho intramolecular Hbond substituents is 1. The Bertz CT molecular complexity index is 1830. The molecule has 0 spiro atoms. The zero-order chi connectivity index (χ0) is 32.9. The average molecular weight is 636 g/mol. The fraction of sp³-hybridized carbons (Fsp3) is 0.333. The normalized spacial score (nSPS) is 12.6. The number of aliphatic hydroxyl groups is 1. The molecule has 0 aliphatic heterocycles. The Morgan fingerprint density at radius 1 is 0.978 bits per heavy atom. The highest BCUT2D eigenvalue weighted by Crippen LogP contribution is 2.36. The Morgan fingerprint density at radius 3 is 2.33 bits per heavy atom. The maximum absolute atomic E-state index is 13.1. The van der Waals surface area contributed by atoms with Crippen molar-refractivity contribution in [3.05, 3.63) is 89.5 Å². The van der Waals surface area contributed by atoms with E-state index in [0.717, 1.165) is 0 Å². The second kappa shape index (κ2) is 13.6.